The number of nitrogens with one attached hydrogen (secondary N) is 1. The van der Waals surface area contributed by atoms with Gasteiger partial charge < -0.3 is 5.32 Å². The van der Waals surface area contributed by atoms with E-state index in [1.165, 1.54) is 19.3 Å². The van der Waals surface area contributed by atoms with Crippen LogP contribution in [-0.4, -0.2) is 17.7 Å². The van der Waals surface area contributed by atoms with Crippen LogP contribution in [0.5, 0.6) is 0 Å². The van der Waals surface area contributed by atoms with E-state index in [9.17, 15) is 9.59 Å². The Kier molecular flexibility index (Phi) is 2.99. The molecule has 0 radical (unpaired) electrons. The Morgan fingerprint density at radius 2 is 1.84 bits per heavy atom. The standard InChI is InChI=1S/C16H25NO2/c1-15(2)11-8-9-16(15,13(18)10-11)14(19)17-12-6-4-3-5-7-12/h11-12H,3-10H2,1-2H3,(H,17,19). The average molecular weight is 263 g/mol. The van der Waals surface area contributed by atoms with Gasteiger partial charge in [0.2, 0.25) is 5.91 Å². The van der Waals surface area contributed by atoms with Gasteiger partial charge in [0, 0.05) is 12.5 Å². The molecule has 2 atom stereocenters. The molecule has 3 rings (SSSR count). The zero-order valence-electron chi connectivity index (χ0n) is 12.1. The molecule has 3 heteroatoms. The molecule has 2 unspecified atom stereocenters. The Bertz CT molecular complexity index is 409. The molecular formula is C16H25NO2. The molecule has 0 aromatic rings. The zero-order chi connectivity index (χ0) is 13.7. The Balaban J connectivity index is 1.79. The SMILES string of the molecule is CC1(C)C2CCC1(C(=O)NC1CCCCC1)C(=O)C2. The minimum Gasteiger partial charge on any atom is -0.352 e. The van der Waals surface area contributed by atoms with Crippen LogP contribution in [-0.2, 0) is 9.59 Å². The maximum Gasteiger partial charge on any atom is 0.234 e. The van der Waals surface area contributed by atoms with Crippen molar-refractivity contribution < 1.29 is 9.59 Å². The van der Waals surface area contributed by atoms with Gasteiger partial charge in [0.25, 0.3) is 0 Å². The monoisotopic (exact) mass is 263 g/mol. The number of hydrogen-bond acceptors (Lipinski definition) is 2. The molecule has 3 aliphatic rings. The van der Waals surface area contributed by atoms with Crippen molar-refractivity contribution in [3.63, 3.8) is 0 Å². The first kappa shape index (κ1) is 13.1. The third-order valence-electron chi connectivity index (χ3n) is 6.22. The highest BCUT2D eigenvalue weighted by Crippen LogP contribution is 2.63. The van der Waals surface area contributed by atoms with Gasteiger partial charge in [0.1, 0.15) is 11.2 Å². The number of carbonyl (C=O) groups is 2. The van der Waals surface area contributed by atoms with Gasteiger partial charge in [-0.2, -0.15) is 0 Å². The molecule has 1 amide bonds. The molecule has 0 spiro atoms. The molecular weight excluding hydrogens is 238 g/mol. The van der Waals surface area contributed by atoms with E-state index in [0.717, 1.165) is 25.7 Å². The average Bonchev–Trinajstić information content (AvgIpc) is 2.74. The molecule has 3 saturated carbocycles. The summed E-state index contributed by atoms with van der Waals surface area (Å²) in [7, 11) is 0. The summed E-state index contributed by atoms with van der Waals surface area (Å²) in [6, 6.07) is 0.305. The van der Waals surface area contributed by atoms with E-state index in [-0.39, 0.29) is 17.1 Å². The first-order valence-corrected chi connectivity index (χ1v) is 7.83. The van der Waals surface area contributed by atoms with E-state index in [4.69, 9.17) is 0 Å². The minimum atomic E-state index is -0.713. The maximum absolute atomic E-state index is 12.8. The molecule has 106 valence electrons. The van der Waals surface area contributed by atoms with E-state index in [2.05, 4.69) is 19.2 Å². The molecule has 0 aliphatic heterocycles. The number of hydrogen-bond donors (Lipinski definition) is 1. The quantitative estimate of drug-likeness (QED) is 0.779. The van der Waals surface area contributed by atoms with E-state index in [1.807, 2.05) is 0 Å². The summed E-state index contributed by atoms with van der Waals surface area (Å²) in [6.45, 7) is 4.24. The van der Waals surface area contributed by atoms with E-state index in [0.29, 0.717) is 18.4 Å². The predicted molar refractivity (Wildman–Crippen MR) is 73.6 cm³/mol. The van der Waals surface area contributed by atoms with Gasteiger partial charge in [-0.15, -0.1) is 0 Å². The van der Waals surface area contributed by atoms with Gasteiger partial charge in [-0.05, 0) is 37.0 Å². The number of amides is 1. The smallest absolute Gasteiger partial charge is 0.234 e. The second kappa shape index (κ2) is 4.32. The van der Waals surface area contributed by atoms with Gasteiger partial charge in [-0.25, -0.2) is 0 Å². The van der Waals surface area contributed by atoms with Crippen LogP contribution >= 0.6 is 0 Å². The van der Waals surface area contributed by atoms with Crippen LogP contribution in [0.2, 0.25) is 0 Å². The van der Waals surface area contributed by atoms with Crippen LogP contribution in [0.15, 0.2) is 0 Å². The van der Waals surface area contributed by atoms with Crippen LogP contribution < -0.4 is 5.32 Å². The molecule has 19 heavy (non-hydrogen) atoms. The fourth-order valence-corrected chi connectivity index (χ4v) is 4.76. The van der Waals surface area contributed by atoms with Crippen LogP contribution in [0.1, 0.15) is 65.2 Å². The lowest BCUT2D eigenvalue weighted by Crippen LogP contribution is -2.52. The predicted octanol–water partition coefficient (Wildman–Crippen LogP) is 2.83. The number of rotatable bonds is 2. The highest BCUT2D eigenvalue weighted by Gasteiger charge is 2.68. The van der Waals surface area contributed by atoms with Gasteiger partial charge in [0.05, 0.1) is 0 Å². The van der Waals surface area contributed by atoms with E-state index >= 15 is 0 Å². The van der Waals surface area contributed by atoms with E-state index < -0.39 is 5.41 Å². The molecule has 2 bridgehead atoms. The molecule has 3 nitrogen and oxygen atoms in total. The van der Waals surface area contributed by atoms with Crippen molar-refractivity contribution in [1.82, 2.24) is 5.32 Å². The summed E-state index contributed by atoms with van der Waals surface area (Å²) < 4.78 is 0. The van der Waals surface area contributed by atoms with E-state index in [1.54, 1.807) is 0 Å². The Morgan fingerprint density at radius 1 is 1.16 bits per heavy atom. The first-order valence-electron chi connectivity index (χ1n) is 7.83. The lowest BCUT2D eigenvalue weighted by molar-refractivity contribution is -0.145. The Morgan fingerprint density at radius 3 is 2.37 bits per heavy atom. The largest absolute Gasteiger partial charge is 0.352 e. The summed E-state index contributed by atoms with van der Waals surface area (Å²) in [4.78, 5) is 25.2. The van der Waals surface area contributed by atoms with Gasteiger partial charge in [-0.3, -0.25) is 9.59 Å². The number of ketones is 1. The lowest BCUT2D eigenvalue weighted by Gasteiger charge is -2.36. The van der Waals surface area contributed by atoms with Crippen molar-refractivity contribution in [1.29, 1.82) is 0 Å². The molecule has 3 aliphatic carbocycles. The number of carbonyl (C=O) groups excluding carboxylic acids is 2. The normalized spacial score (nSPS) is 37.6. The molecule has 0 saturated heterocycles. The Labute approximate surface area is 115 Å². The second-order valence-corrected chi connectivity index (χ2v) is 7.30. The first-order chi connectivity index (χ1) is 8.98. The summed E-state index contributed by atoms with van der Waals surface area (Å²) in [5.74, 6) is 0.647. The van der Waals surface area contributed by atoms with Gasteiger partial charge in [0.15, 0.2) is 0 Å². The third-order valence-corrected chi connectivity index (χ3v) is 6.22. The van der Waals surface area contributed by atoms with Crippen molar-refractivity contribution in [3.8, 4) is 0 Å². The zero-order valence-corrected chi connectivity index (χ0v) is 12.1. The molecule has 0 heterocycles. The van der Waals surface area contributed by atoms with Crippen LogP contribution in [0, 0.1) is 16.7 Å². The molecule has 1 N–H and O–H groups in total. The van der Waals surface area contributed by atoms with Gasteiger partial charge in [-0.1, -0.05) is 33.1 Å². The third kappa shape index (κ3) is 1.70. The highest BCUT2D eigenvalue weighted by molar-refractivity contribution is 6.09. The second-order valence-electron chi connectivity index (χ2n) is 7.30. The van der Waals surface area contributed by atoms with Crippen molar-refractivity contribution in [2.45, 2.75) is 71.3 Å². The fraction of sp³-hybridized carbons (Fsp3) is 0.875. The van der Waals surface area contributed by atoms with Crippen molar-refractivity contribution in [3.05, 3.63) is 0 Å². The summed E-state index contributed by atoms with van der Waals surface area (Å²) in [5.41, 5.74) is -0.863. The topological polar surface area (TPSA) is 46.2 Å². The van der Waals surface area contributed by atoms with Crippen LogP contribution in [0.4, 0.5) is 0 Å². The molecule has 0 aromatic carbocycles. The van der Waals surface area contributed by atoms with Crippen molar-refractivity contribution >= 4 is 11.7 Å². The molecule has 3 fully saturated rings. The Hall–Kier alpha value is -0.860. The summed E-state index contributed by atoms with van der Waals surface area (Å²) in [5, 5.41) is 3.21. The number of Topliss-reactive ketones (excluding diaryl/α,β-unsaturated/α-hetero) is 1. The summed E-state index contributed by atoms with van der Waals surface area (Å²) in [6.07, 6.45) is 8.28. The van der Waals surface area contributed by atoms with Gasteiger partial charge >= 0.3 is 0 Å². The van der Waals surface area contributed by atoms with Crippen LogP contribution in [0.3, 0.4) is 0 Å². The fourth-order valence-electron chi connectivity index (χ4n) is 4.76. The summed E-state index contributed by atoms with van der Waals surface area (Å²) >= 11 is 0. The van der Waals surface area contributed by atoms with Crippen LogP contribution in [0.25, 0.3) is 0 Å². The maximum atomic E-state index is 12.8. The van der Waals surface area contributed by atoms with Crippen molar-refractivity contribution in [2.24, 2.45) is 16.7 Å². The van der Waals surface area contributed by atoms with Crippen molar-refractivity contribution in [2.75, 3.05) is 0 Å². The molecule has 0 aromatic heterocycles. The lowest BCUT2D eigenvalue weighted by atomic mass is 9.68. The minimum absolute atomic E-state index is 0.0365. The number of fused-ring (bicyclic) bond motifs is 2. The highest BCUT2D eigenvalue weighted by atomic mass is 16.2.